The van der Waals surface area contributed by atoms with Crippen LogP contribution in [0.15, 0.2) is 11.8 Å². The third-order valence-electron chi connectivity index (χ3n) is 13.7. The lowest BCUT2D eigenvalue weighted by Gasteiger charge is -2.65. The van der Waals surface area contributed by atoms with Crippen molar-refractivity contribution >= 4 is 23.7 Å². The first-order valence-electron chi connectivity index (χ1n) is 15.6. The quantitative estimate of drug-likeness (QED) is 0.190. The Labute approximate surface area is 255 Å². The van der Waals surface area contributed by atoms with E-state index < -0.39 is 117 Å². The molecule has 6 fully saturated rings. The van der Waals surface area contributed by atoms with Crippen molar-refractivity contribution in [2.24, 2.45) is 51.8 Å². The largest absolute Gasteiger partial charge is 0.462 e. The van der Waals surface area contributed by atoms with Gasteiger partial charge in [-0.05, 0) is 44.1 Å². The molecule has 0 amide bonds. The topological polar surface area (TPSA) is 189 Å². The predicted octanol–water partition coefficient (Wildman–Crippen LogP) is 0.415. The lowest BCUT2D eigenvalue weighted by molar-refractivity contribution is -0.266. The fraction of sp³-hybridized carbons (Fsp3) is 0.812. The number of carbonyl (C=O) groups excluding carboxylic acids is 4. The van der Waals surface area contributed by atoms with Crippen LogP contribution in [0.3, 0.4) is 0 Å². The zero-order valence-corrected chi connectivity index (χ0v) is 26.0. The summed E-state index contributed by atoms with van der Waals surface area (Å²) < 4.78 is 23.2. The molecule has 5 aliphatic carbocycles. The van der Waals surface area contributed by atoms with E-state index in [0.717, 1.165) is 0 Å². The van der Waals surface area contributed by atoms with Crippen molar-refractivity contribution in [2.45, 2.75) is 109 Å². The average molecular weight is 619 g/mol. The second kappa shape index (κ2) is 8.70. The van der Waals surface area contributed by atoms with E-state index in [0.29, 0.717) is 0 Å². The molecule has 7 aliphatic rings. The Morgan fingerprint density at radius 2 is 1.61 bits per heavy atom. The number of epoxide rings is 1. The highest BCUT2D eigenvalue weighted by Crippen LogP contribution is 2.75. The zero-order valence-electron chi connectivity index (χ0n) is 26.0. The number of allylic oxidation sites excluding steroid dienone is 1. The highest BCUT2D eigenvalue weighted by molar-refractivity contribution is 5.94. The third kappa shape index (κ3) is 3.17. The fourth-order valence-corrected chi connectivity index (χ4v) is 11.5. The molecule has 0 radical (unpaired) electrons. The molecule has 0 aromatic rings. The predicted molar refractivity (Wildman–Crippen MR) is 147 cm³/mol. The molecule has 4 N–H and O–H groups in total. The molecule has 0 bridgehead atoms. The van der Waals surface area contributed by atoms with Gasteiger partial charge in [-0.3, -0.25) is 14.4 Å². The highest BCUT2D eigenvalue weighted by Gasteiger charge is 2.83. The second-order valence-electron chi connectivity index (χ2n) is 15.3. The molecule has 2 aliphatic heterocycles. The summed E-state index contributed by atoms with van der Waals surface area (Å²) in [6, 6.07) is 0. The van der Waals surface area contributed by atoms with Gasteiger partial charge in [-0.1, -0.05) is 20.8 Å². The number of Topliss-reactive ketones (excluding diaryl/α,β-unsaturated/α-hetero) is 1. The van der Waals surface area contributed by atoms with Crippen LogP contribution in [0.25, 0.3) is 0 Å². The van der Waals surface area contributed by atoms with Crippen molar-refractivity contribution in [1.82, 2.24) is 0 Å². The van der Waals surface area contributed by atoms with Gasteiger partial charge >= 0.3 is 17.9 Å². The average Bonchev–Trinajstić information content (AvgIpc) is 3.59. The highest BCUT2D eigenvalue weighted by atomic mass is 16.6. The van der Waals surface area contributed by atoms with Gasteiger partial charge in [-0.25, -0.2) is 4.79 Å². The van der Waals surface area contributed by atoms with E-state index in [1.807, 2.05) is 13.8 Å². The number of ketones is 1. The Morgan fingerprint density at radius 1 is 0.977 bits per heavy atom. The summed E-state index contributed by atoms with van der Waals surface area (Å²) in [4.78, 5) is 52.2. The van der Waals surface area contributed by atoms with Gasteiger partial charge in [0.15, 0.2) is 11.4 Å². The van der Waals surface area contributed by atoms with E-state index in [1.165, 1.54) is 20.8 Å². The first-order chi connectivity index (χ1) is 20.3. The molecule has 2 heterocycles. The summed E-state index contributed by atoms with van der Waals surface area (Å²) in [5, 5.41) is 48.2. The molecule has 0 unspecified atom stereocenters. The van der Waals surface area contributed by atoms with Gasteiger partial charge in [0.1, 0.15) is 35.8 Å². The fourth-order valence-electron chi connectivity index (χ4n) is 11.5. The van der Waals surface area contributed by atoms with Crippen molar-refractivity contribution in [1.29, 1.82) is 0 Å². The molecule has 0 spiro atoms. The van der Waals surface area contributed by atoms with Gasteiger partial charge in [0, 0.05) is 48.9 Å². The molecule has 44 heavy (non-hydrogen) atoms. The smallest absolute Gasteiger partial charge is 0.343 e. The Balaban J connectivity index is 1.44. The Hall–Kier alpha value is -2.38. The van der Waals surface area contributed by atoms with Crippen molar-refractivity contribution < 1.29 is 58.6 Å². The molecule has 242 valence electrons. The number of hydrogen-bond donors (Lipinski definition) is 4. The Kier molecular flexibility index (Phi) is 5.99. The lowest BCUT2D eigenvalue weighted by Crippen LogP contribution is -2.77. The monoisotopic (exact) mass is 618 g/mol. The van der Waals surface area contributed by atoms with Gasteiger partial charge in [0.2, 0.25) is 0 Å². The molecule has 4 saturated carbocycles. The summed E-state index contributed by atoms with van der Waals surface area (Å²) in [6.45, 7) is 11.0. The maximum Gasteiger partial charge on any atom is 0.343 e. The number of ether oxygens (including phenoxy) is 4. The van der Waals surface area contributed by atoms with Crippen molar-refractivity contribution in [2.75, 3.05) is 0 Å². The van der Waals surface area contributed by atoms with Crippen LogP contribution < -0.4 is 0 Å². The van der Waals surface area contributed by atoms with Gasteiger partial charge in [0.25, 0.3) is 0 Å². The molecule has 12 heteroatoms. The van der Waals surface area contributed by atoms with Gasteiger partial charge in [-0.15, -0.1) is 0 Å². The number of aliphatic hydroxyl groups excluding tert-OH is 2. The Bertz CT molecular complexity index is 1400. The van der Waals surface area contributed by atoms with Crippen LogP contribution in [0.4, 0.5) is 0 Å². The van der Waals surface area contributed by atoms with Crippen LogP contribution in [-0.2, 0) is 38.1 Å². The number of esters is 3. The third-order valence-corrected chi connectivity index (χ3v) is 13.7. The molecular weight excluding hydrogens is 576 g/mol. The van der Waals surface area contributed by atoms with Gasteiger partial charge in [-0.2, -0.15) is 0 Å². The van der Waals surface area contributed by atoms with Crippen molar-refractivity contribution in [3.05, 3.63) is 11.8 Å². The maximum absolute atomic E-state index is 14.2. The van der Waals surface area contributed by atoms with E-state index in [4.69, 9.17) is 18.9 Å². The van der Waals surface area contributed by atoms with Crippen LogP contribution in [0.1, 0.15) is 61.3 Å². The van der Waals surface area contributed by atoms with E-state index in [-0.39, 0.29) is 24.5 Å². The molecule has 2 saturated heterocycles. The number of hydrogen-bond acceptors (Lipinski definition) is 12. The number of carbonyl (C=O) groups is 4. The van der Waals surface area contributed by atoms with E-state index in [9.17, 15) is 39.6 Å². The van der Waals surface area contributed by atoms with Gasteiger partial charge < -0.3 is 39.4 Å². The van der Waals surface area contributed by atoms with E-state index >= 15 is 0 Å². The number of fused-ring (bicyclic) bond motifs is 10. The first kappa shape index (κ1) is 30.3. The van der Waals surface area contributed by atoms with Crippen LogP contribution in [-0.4, -0.2) is 91.9 Å². The maximum atomic E-state index is 14.2. The first-order valence-corrected chi connectivity index (χ1v) is 15.6. The number of rotatable bonds is 2. The normalized spacial score (nSPS) is 58.2. The van der Waals surface area contributed by atoms with Crippen LogP contribution >= 0.6 is 0 Å². The standard InChI is InChI=1S/C32H42O12/c1-11-8-17-30(6,31(7,39)27(38)44-17)21-19(11)28(4)16(41-12(2)33)9-14-18(20(28)23(21)36)22(35)25(37)32(40)10-15-24(43-15)26(29(14,32)5)42-13(3)34/h8,11,14-16,18-24,26,35-36,39-40H,9-10H2,1-7H3/t11-,14+,15+,16+,18-,19+,20-,21+,22-,23-,24+,26+,28-,29+,30+,31-,32+/m1/s1. The minimum absolute atomic E-state index is 0.0935. The summed E-state index contributed by atoms with van der Waals surface area (Å²) >= 11 is 0. The minimum Gasteiger partial charge on any atom is -0.462 e. The number of aliphatic hydroxyl groups is 4. The molecule has 12 nitrogen and oxygen atoms in total. The summed E-state index contributed by atoms with van der Waals surface area (Å²) in [5.74, 6) is -6.83. The van der Waals surface area contributed by atoms with Crippen molar-refractivity contribution in [3.63, 3.8) is 0 Å². The zero-order chi connectivity index (χ0) is 32.3. The summed E-state index contributed by atoms with van der Waals surface area (Å²) in [7, 11) is 0. The Morgan fingerprint density at radius 3 is 2.23 bits per heavy atom. The van der Waals surface area contributed by atoms with E-state index in [2.05, 4.69) is 0 Å². The van der Waals surface area contributed by atoms with Crippen LogP contribution in [0, 0.1) is 51.8 Å². The summed E-state index contributed by atoms with van der Waals surface area (Å²) in [6.07, 6.45) is -4.22. The van der Waals surface area contributed by atoms with Crippen LogP contribution in [0.5, 0.6) is 0 Å². The van der Waals surface area contributed by atoms with Crippen LogP contribution in [0.2, 0.25) is 0 Å². The summed E-state index contributed by atoms with van der Waals surface area (Å²) in [5.41, 5.74) is -8.02. The second-order valence-corrected chi connectivity index (χ2v) is 15.3. The minimum atomic E-state index is -2.13. The molecule has 0 aromatic carbocycles. The SMILES string of the molecule is CC(=O)O[C@H]1C[C@H]2[C@H]([C@@H]3[C@@H](O)[C@@H]4[C@H]([C@H](C)C=C5OC(=O)[C@@](C)(O)[C@@]54C)[C@]31C)[C@@H](O)C(=O)[C@@]1(O)C[C@@H]3O[C@@H]3[C@H](OC(C)=O)[C@]21C. The van der Waals surface area contributed by atoms with E-state index in [1.54, 1.807) is 19.9 Å². The molecule has 17 atom stereocenters. The lowest BCUT2D eigenvalue weighted by atomic mass is 9.40. The molecule has 0 aromatic heterocycles. The molecule has 7 rings (SSSR count). The van der Waals surface area contributed by atoms with Gasteiger partial charge in [0.05, 0.1) is 17.6 Å². The van der Waals surface area contributed by atoms with Crippen molar-refractivity contribution in [3.8, 4) is 0 Å². The molecular formula is C32H42O12.